The van der Waals surface area contributed by atoms with E-state index >= 15 is 0 Å². The fourth-order valence-corrected chi connectivity index (χ4v) is 6.34. The third-order valence-electron chi connectivity index (χ3n) is 6.75. The minimum atomic E-state index is -0.396. The number of carbonyl (C=O) groups excluding carboxylic acids is 2. The highest BCUT2D eigenvalue weighted by molar-refractivity contribution is 7.25. The number of amides is 2. The molecular weight excluding hydrogens is 599 g/mol. The van der Waals surface area contributed by atoms with Gasteiger partial charge in [-0.2, -0.15) is 0 Å². The molecular formula is C34H24F2N4O2S2. The second-order valence-electron chi connectivity index (χ2n) is 10.0. The normalized spacial score (nSPS) is 10.9. The Hall–Kier alpha value is -5.06. The Morgan fingerprint density at radius 3 is 1.23 bits per heavy atom. The lowest BCUT2D eigenvalue weighted by molar-refractivity contribution is 0.101. The molecule has 218 valence electrons. The molecule has 2 heterocycles. The number of aromatic nitrogens is 2. The van der Waals surface area contributed by atoms with Crippen LogP contribution in [0.25, 0.3) is 32.5 Å². The molecule has 44 heavy (non-hydrogen) atoms. The van der Waals surface area contributed by atoms with E-state index in [9.17, 15) is 18.4 Å². The second-order valence-corrected chi connectivity index (χ2v) is 12.0. The summed E-state index contributed by atoms with van der Waals surface area (Å²) in [5.41, 5.74) is 5.13. The molecule has 10 heteroatoms. The van der Waals surface area contributed by atoms with Gasteiger partial charge < -0.3 is 10.6 Å². The highest BCUT2D eigenvalue weighted by Gasteiger charge is 2.23. The van der Waals surface area contributed by atoms with E-state index in [0.29, 0.717) is 53.7 Å². The van der Waals surface area contributed by atoms with Gasteiger partial charge in [0.2, 0.25) is 0 Å². The Labute approximate surface area is 260 Å². The number of thiazole rings is 2. The first-order chi connectivity index (χ1) is 21.2. The van der Waals surface area contributed by atoms with Gasteiger partial charge in [0.25, 0.3) is 11.8 Å². The van der Waals surface area contributed by atoms with Crippen LogP contribution in [-0.4, -0.2) is 21.8 Å². The van der Waals surface area contributed by atoms with Crippen molar-refractivity contribution in [3.63, 3.8) is 0 Å². The van der Waals surface area contributed by atoms with Crippen LogP contribution >= 0.6 is 22.7 Å². The van der Waals surface area contributed by atoms with E-state index in [0.717, 1.165) is 11.1 Å². The van der Waals surface area contributed by atoms with Gasteiger partial charge in [-0.3, -0.25) is 9.59 Å². The maximum absolute atomic E-state index is 13.8. The summed E-state index contributed by atoms with van der Waals surface area (Å²) in [6, 6.07) is 26.1. The fourth-order valence-electron chi connectivity index (χ4n) is 4.36. The maximum atomic E-state index is 13.8. The molecule has 0 unspecified atom stereocenters. The van der Waals surface area contributed by atoms with Crippen LogP contribution in [0, 0.1) is 25.5 Å². The summed E-state index contributed by atoms with van der Waals surface area (Å²) in [5.74, 6) is -1.43. The number of nitrogens with one attached hydrogen (secondary N) is 2. The van der Waals surface area contributed by atoms with Crippen LogP contribution in [0.2, 0.25) is 0 Å². The first-order valence-corrected chi connectivity index (χ1v) is 15.2. The van der Waals surface area contributed by atoms with Gasteiger partial charge in [0.1, 0.15) is 33.0 Å². The molecule has 2 aromatic heterocycles. The van der Waals surface area contributed by atoms with E-state index < -0.39 is 11.6 Å². The first kappa shape index (κ1) is 29.0. The Kier molecular flexibility index (Phi) is 8.10. The number of nitrogens with zero attached hydrogens (tertiary/aromatic N) is 2. The molecule has 0 spiro atoms. The Balaban J connectivity index is 1.41. The molecule has 2 amide bonds. The molecule has 0 aliphatic rings. The third-order valence-corrected chi connectivity index (χ3v) is 8.84. The molecule has 2 N–H and O–H groups in total. The maximum Gasteiger partial charge on any atom is 0.256 e. The van der Waals surface area contributed by atoms with Gasteiger partial charge in [-0.1, -0.05) is 58.1 Å². The molecule has 0 atom stereocenters. The minimum absolute atomic E-state index is 0.319. The summed E-state index contributed by atoms with van der Waals surface area (Å²) < 4.78 is 27.5. The van der Waals surface area contributed by atoms with E-state index in [4.69, 9.17) is 9.97 Å². The fraction of sp³-hybridized carbons (Fsp3) is 0.0588. The number of anilines is 2. The SMILES string of the molecule is Cc1ccc(C(=O)Nc2sc(-c3nc(-c4ccc(F)cc4)c(NC(=O)c4ccc(C)cc4)s3)nc2-c2ccc(F)cc2)cc1. The average molecular weight is 623 g/mol. The van der Waals surface area contributed by atoms with Crippen LogP contribution in [0.1, 0.15) is 31.8 Å². The van der Waals surface area contributed by atoms with Crippen molar-refractivity contribution in [1.82, 2.24) is 9.97 Å². The molecule has 6 aromatic rings. The summed E-state index contributed by atoms with van der Waals surface area (Å²) in [4.78, 5) is 36.0. The molecule has 0 aliphatic heterocycles. The van der Waals surface area contributed by atoms with Gasteiger partial charge in [0.15, 0.2) is 10.0 Å². The summed E-state index contributed by atoms with van der Waals surface area (Å²) in [6.07, 6.45) is 0. The number of halogens is 2. The minimum Gasteiger partial charge on any atom is -0.312 e. The molecule has 0 saturated heterocycles. The van der Waals surface area contributed by atoms with E-state index in [-0.39, 0.29) is 11.8 Å². The van der Waals surface area contributed by atoms with Gasteiger partial charge in [-0.25, -0.2) is 18.7 Å². The van der Waals surface area contributed by atoms with Crippen LogP contribution in [0.3, 0.4) is 0 Å². The Morgan fingerprint density at radius 2 is 0.886 bits per heavy atom. The number of rotatable bonds is 7. The van der Waals surface area contributed by atoms with Gasteiger partial charge in [-0.15, -0.1) is 0 Å². The molecule has 0 bridgehead atoms. The Bertz CT molecular complexity index is 1820. The largest absolute Gasteiger partial charge is 0.312 e. The van der Waals surface area contributed by atoms with Crippen molar-refractivity contribution in [2.24, 2.45) is 0 Å². The zero-order valence-corrected chi connectivity index (χ0v) is 25.2. The number of hydrogen-bond acceptors (Lipinski definition) is 6. The van der Waals surface area contributed by atoms with Crippen molar-refractivity contribution >= 4 is 44.5 Å². The monoisotopic (exact) mass is 622 g/mol. The number of carbonyl (C=O) groups is 2. The lowest BCUT2D eigenvalue weighted by Gasteiger charge is -2.06. The first-order valence-electron chi connectivity index (χ1n) is 13.5. The predicted molar refractivity (Wildman–Crippen MR) is 172 cm³/mol. The van der Waals surface area contributed by atoms with Crippen LogP contribution in [0.5, 0.6) is 0 Å². The van der Waals surface area contributed by atoms with Gasteiger partial charge >= 0.3 is 0 Å². The van der Waals surface area contributed by atoms with Crippen molar-refractivity contribution < 1.29 is 18.4 Å². The van der Waals surface area contributed by atoms with Crippen LogP contribution < -0.4 is 10.6 Å². The lowest BCUT2D eigenvalue weighted by Crippen LogP contribution is -2.11. The van der Waals surface area contributed by atoms with E-state index in [1.54, 1.807) is 48.5 Å². The summed E-state index contributed by atoms with van der Waals surface area (Å²) in [5, 5.41) is 7.79. The molecule has 0 fully saturated rings. The van der Waals surface area contributed by atoms with Crippen LogP contribution in [-0.2, 0) is 0 Å². The number of hydrogen-bond donors (Lipinski definition) is 2. The standard InChI is InChI=1S/C34H24F2N4O2S2/c1-19-3-7-23(8-4-19)29(41)39-31-27(21-11-15-25(35)16-12-21)37-33(43-31)34-38-28(22-13-17-26(36)18-14-22)32(44-34)40-30(42)24-9-5-20(2)6-10-24/h3-18H,1-2H3,(H,39,41)(H,40,42). The third kappa shape index (κ3) is 6.31. The highest BCUT2D eigenvalue weighted by atomic mass is 32.1. The molecule has 4 aromatic carbocycles. The summed E-state index contributed by atoms with van der Waals surface area (Å²) in [6.45, 7) is 3.88. The van der Waals surface area contributed by atoms with Crippen LogP contribution in [0.4, 0.5) is 18.8 Å². The average Bonchev–Trinajstić information content (AvgIpc) is 3.63. The summed E-state index contributed by atoms with van der Waals surface area (Å²) >= 11 is 2.43. The molecule has 0 saturated carbocycles. The van der Waals surface area contributed by atoms with Crippen molar-refractivity contribution in [1.29, 1.82) is 0 Å². The smallest absolute Gasteiger partial charge is 0.256 e. The second kappa shape index (κ2) is 12.3. The Morgan fingerprint density at radius 1 is 0.545 bits per heavy atom. The number of benzene rings is 4. The van der Waals surface area contributed by atoms with Gasteiger partial charge in [0.05, 0.1) is 0 Å². The van der Waals surface area contributed by atoms with E-state index in [1.807, 2.05) is 38.1 Å². The molecule has 0 aliphatic carbocycles. The molecule has 6 nitrogen and oxygen atoms in total. The summed E-state index contributed by atoms with van der Waals surface area (Å²) in [7, 11) is 0. The van der Waals surface area contributed by atoms with Crippen molar-refractivity contribution in [2.75, 3.05) is 10.6 Å². The highest BCUT2D eigenvalue weighted by Crippen LogP contribution is 2.43. The van der Waals surface area contributed by atoms with Crippen molar-refractivity contribution in [3.05, 3.63) is 131 Å². The van der Waals surface area contributed by atoms with Gasteiger partial charge in [-0.05, 0) is 86.6 Å². The van der Waals surface area contributed by atoms with Crippen molar-refractivity contribution in [2.45, 2.75) is 13.8 Å². The van der Waals surface area contributed by atoms with Gasteiger partial charge in [0, 0.05) is 22.3 Å². The van der Waals surface area contributed by atoms with E-state index in [1.165, 1.54) is 46.9 Å². The van der Waals surface area contributed by atoms with Crippen LogP contribution in [0.15, 0.2) is 97.1 Å². The quantitative estimate of drug-likeness (QED) is 0.186. The zero-order chi connectivity index (χ0) is 30.8. The predicted octanol–water partition coefficient (Wildman–Crippen LogP) is 9.00. The molecule has 0 radical (unpaired) electrons. The van der Waals surface area contributed by atoms with Crippen molar-refractivity contribution in [3.8, 4) is 32.5 Å². The molecule has 6 rings (SSSR count). The lowest BCUT2D eigenvalue weighted by atomic mass is 10.1. The topological polar surface area (TPSA) is 84.0 Å². The van der Waals surface area contributed by atoms with E-state index in [2.05, 4.69) is 10.6 Å². The number of aryl methyl sites for hydroxylation is 2. The zero-order valence-electron chi connectivity index (χ0n) is 23.5.